The lowest BCUT2D eigenvalue weighted by Crippen LogP contribution is -2.23. The van der Waals surface area contributed by atoms with Gasteiger partial charge in [-0.15, -0.1) is 11.6 Å². The Morgan fingerprint density at radius 3 is 2.58 bits per heavy atom. The highest BCUT2D eigenvalue weighted by atomic mass is 35.5. The van der Waals surface area contributed by atoms with E-state index in [1.54, 1.807) is 0 Å². The van der Waals surface area contributed by atoms with Crippen molar-refractivity contribution in [1.29, 1.82) is 0 Å². The normalized spacial score (nSPS) is 14.0. The number of fused-ring (bicyclic) bond motifs is 1. The van der Waals surface area contributed by atoms with Crippen LogP contribution in [-0.2, 0) is 12.4 Å². The summed E-state index contributed by atoms with van der Waals surface area (Å²) in [5.74, 6) is 2.00. The van der Waals surface area contributed by atoms with Crippen molar-refractivity contribution in [2.24, 2.45) is 11.3 Å². The number of nitrogens with zero attached hydrogens (tertiary/aromatic N) is 2. The highest BCUT2D eigenvalue weighted by Crippen LogP contribution is 2.29. The Morgan fingerprint density at radius 1 is 1.32 bits per heavy atom. The molecule has 0 aliphatic carbocycles. The number of aryl methyl sites for hydroxylation is 1. The van der Waals surface area contributed by atoms with E-state index in [4.69, 9.17) is 16.6 Å². The van der Waals surface area contributed by atoms with E-state index in [2.05, 4.69) is 57.4 Å². The van der Waals surface area contributed by atoms with Gasteiger partial charge in [-0.3, -0.25) is 0 Å². The number of rotatable bonds is 3. The first-order valence-electron chi connectivity index (χ1n) is 6.85. The highest BCUT2D eigenvalue weighted by molar-refractivity contribution is 6.16. The molecule has 0 bridgehead atoms. The fourth-order valence-electron chi connectivity index (χ4n) is 2.19. The van der Waals surface area contributed by atoms with Crippen molar-refractivity contribution in [3.05, 3.63) is 29.6 Å². The van der Waals surface area contributed by atoms with Crippen LogP contribution in [0, 0.1) is 18.3 Å². The van der Waals surface area contributed by atoms with Gasteiger partial charge >= 0.3 is 0 Å². The zero-order valence-corrected chi connectivity index (χ0v) is 13.3. The summed E-state index contributed by atoms with van der Waals surface area (Å²) in [4.78, 5) is 4.70. The van der Waals surface area contributed by atoms with Crippen LogP contribution in [0.15, 0.2) is 18.2 Å². The second kappa shape index (κ2) is 5.16. The summed E-state index contributed by atoms with van der Waals surface area (Å²) in [5, 5.41) is 0. The third kappa shape index (κ3) is 2.79. The smallest absolute Gasteiger partial charge is 0.124 e. The third-order valence-electron chi connectivity index (χ3n) is 4.11. The molecule has 0 saturated carbocycles. The number of benzene rings is 1. The van der Waals surface area contributed by atoms with E-state index < -0.39 is 0 Å². The second-order valence-corrected chi connectivity index (χ2v) is 6.75. The number of aromatic nitrogens is 2. The Hall–Kier alpha value is -1.02. The van der Waals surface area contributed by atoms with Gasteiger partial charge in [0.05, 0.1) is 16.9 Å². The summed E-state index contributed by atoms with van der Waals surface area (Å²) < 4.78 is 2.28. The van der Waals surface area contributed by atoms with E-state index in [-0.39, 0.29) is 5.41 Å². The van der Waals surface area contributed by atoms with E-state index in [9.17, 15) is 0 Å². The number of halogens is 1. The Bertz CT molecular complexity index is 578. The molecule has 0 aliphatic heterocycles. The lowest BCUT2D eigenvalue weighted by Gasteiger charge is -2.28. The number of alkyl halides is 1. The van der Waals surface area contributed by atoms with Gasteiger partial charge in [0.1, 0.15) is 5.82 Å². The van der Waals surface area contributed by atoms with Crippen LogP contribution in [0.4, 0.5) is 0 Å². The number of imidazole rings is 1. The van der Waals surface area contributed by atoms with Gasteiger partial charge in [-0.05, 0) is 29.9 Å². The molecule has 3 heteroatoms. The van der Waals surface area contributed by atoms with E-state index in [0.29, 0.717) is 11.8 Å². The molecule has 0 amide bonds. The van der Waals surface area contributed by atoms with Crippen molar-refractivity contribution in [3.63, 3.8) is 0 Å². The number of hydrogen-bond acceptors (Lipinski definition) is 1. The quantitative estimate of drug-likeness (QED) is 0.740. The molecule has 0 saturated heterocycles. The predicted molar refractivity (Wildman–Crippen MR) is 82.6 cm³/mol. The van der Waals surface area contributed by atoms with Gasteiger partial charge < -0.3 is 4.57 Å². The summed E-state index contributed by atoms with van der Waals surface area (Å²) in [6.07, 6.45) is 0. The van der Waals surface area contributed by atoms with Gasteiger partial charge in [0.2, 0.25) is 0 Å². The molecule has 1 aromatic heterocycles. The van der Waals surface area contributed by atoms with E-state index >= 15 is 0 Å². The van der Waals surface area contributed by atoms with Gasteiger partial charge in [0.25, 0.3) is 0 Å². The van der Waals surface area contributed by atoms with Crippen LogP contribution < -0.4 is 0 Å². The maximum Gasteiger partial charge on any atom is 0.124 e. The number of para-hydroxylation sites is 1. The SMILES string of the molecule is Cc1cccc2c1nc(CCl)n2CC(C)C(C)(C)C. The van der Waals surface area contributed by atoms with Crippen LogP contribution in [0.3, 0.4) is 0 Å². The van der Waals surface area contributed by atoms with E-state index in [1.807, 2.05) is 0 Å². The fraction of sp³-hybridized carbons (Fsp3) is 0.562. The van der Waals surface area contributed by atoms with Gasteiger partial charge in [0.15, 0.2) is 0 Å². The summed E-state index contributed by atoms with van der Waals surface area (Å²) in [6, 6.07) is 6.33. The maximum atomic E-state index is 6.07. The van der Waals surface area contributed by atoms with Crippen molar-refractivity contribution in [3.8, 4) is 0 Å². The third-order valence-corrected chi connectivity index (χ3v) is 4.35. The van der Waals surface area contributed by atoms with Gasteiger partial charge in [0, 0.05) is 6.54 Å². The average molecular weight is 279 g/mol. The lowest BCUT2D eigenvalue weighted by molar-refractivity contribution is 0.233. The Morgan fingerprint density at radius 2 is 2.00 bits per heavy atom. The highest BCUT2D eigenvalue weighted by Gasteiger charge is 2.22. The second-order valence-electron chi connectivity index (χ2n) is 6.48. The summed E-state index contributed by atoms with van der Waals surface area (Å²) >= 11 is 6.07. The molecule has 1 aromatic carbocycles. The molecule has 0 N–H and O–H groups in total. The van der Waals surface area contributed by atoms with Crippen LogP contribution >= 0.6 is 11.6 Å². The predicted octanol–water partition coefficient (Wildman–Crippen LogP) is 4.77. The molecule has 0 aliphatic rings. The molecular weight excluding hydrogens is 256 g/mol. The minimum Gasteiger partial charge on any atom is -0.327 e. The molecule has 2 nitrogen and oxygen atoms in total. The van der Waals surface area contributed by atoms with Crippen molar-refractivity contribution < 1.29 is 0 Å². The van der Waals surface area contributed by atoms with Crippen LogP contribution in [0.5, 0.6) is 0 Å². The van der Waals surface area contributed by atoms with Gasteiger partial charge in [-0.25, -0.2) is 4.98 Å². The van der Waals surface area contributed by atoms with Crippen molar-refractivity contribution in [1.82, 2.24) is 9.55 Å². The fourth-order valence-corrected chi connectivity index (χ4v) is 2.39. The summed E-state index contributed by atoms with van der Waals surface area (Å²) in [5.41, 5.74) is 3.78. The molecule has 104 valence electrons. The van der Waals surface area contributed by atoms with Gasteiger partial charge in [-0.1, -0.05) is 39.8 Å². The first kappa shape index (κ1) is 14.4. The maximum absolute atomic E-state index is 6.07. The number of hydrogen-bond donors (Lipinski definition) is 0. The van der Waals surface area contributed by atoms with E-state index in [0.717, 1.165) is 17.9 Å². The van der Waals surface area contributed by atoms with Gasteiger partial charge in [-0.2, -0.15) is 0 Å². The molecule has 0 radical (unpaired) electrons. The van der Waals surface area contributed by atoms with Crippen LogP contribution in [-0.4, -0.2) is 9.55 Å². The lowest BCUT2D eigenvalue weighted by atomic mass is 9.82. The first-order valence-corrected chi connectivity index (χ1v) is 7.38. The summed E-state index contributed by atoms with van der Waals surface area (Å²) in [6.45, 7) is 12.2. The van der Waals surface area contributed by atoms with Crippen LogP contribution in [0.25, 0.3) is 11.0 Å². The monoisotopic (exact) mass is 278 g/mol. The average Bonchev–Trinajstić information content (AvgIpc) is 2.68. The van der Waals surface area contributed by atoms with Crippen molar-refractivity contribution in [2.75, 3.05) is 0 Å². The molecule has 0 spiro atoms. The standard InChI is InChI=1S/C16H23ClN2/c1-11-7-6-8-13-15(11)18-14(9-17)19(13)10-12(2)16(3,4)5/h6-8,12H,9-10H2,1-5H3. The zero-order valence-electron chi connectivity index (χ0n) is 12.5. The van der Waals surface area contributed by atoms with Crippen molar-refractivity contribution in [2.45, 2.75) is 47.0 Å². The molecule has 2 aromatic rings. The Balaban J connectivity index is 2.50. The largest absolute Gasteiger partial charge is 0.327 e. The molecule has 19 heavy (non-hydrogen) atoms. The molecule has 1 heterocycles. The molecule has 2 rings (SSSR count). The first-order chi connectivity index (χ1) is 8.84. The zero-order chi connectivity index (χ0) is 14.2. The summed E-state index contributed by atoms with van der Waals surface area (Å²) in [7, 11) is 0. The topological polar surface area (TPSA) is 17.8 Å². The van der Waals surface area contributed by atoms with Crippen LogP contribution in [0.1, 0.15) is 39.1 Å². The minimum atomic E-state index is 0.282. The Kier molecular flexibility index (Phi) is 3.91. The minimum absolute atomic E-state index is 0.282. The molecule has 1 unspecified atom stereocenters. The molecular formula is C16H23ClN2. The Labute approximate surface area is 120 Å². The van der Waals surface area contributed by atoms with E-state index in [1.165, 1.54) is 11.1 Å². The van der Waals surface area contributed by atoms with Crippen LogP contribution in [0.2, 0.25) is 0 Å². The molecule has 0 fully saturated rings. The van der Waals surface area contributed by atoms with Crippen molar-refractivity contribution >= 4 is 22.6 Å². The molecule has 1 atom stereocenters.